The summed E-state index contributed by atoms with van der Waals surface area (Å²) in [6, 6.07) is -33.4. The predicted molar refractivity (Wildman–Crippen MR) is 206 cm³/mol. The number of hydrogen-bond donors (Lipinski definition) is 0. The van der Waals surface area contributed by atoms with E-state index in [0.717, 1.165) is 0 Å². The predicted octanol–water partition coefficient (Wildman–Crippen LogP) is 13.5. The molecule has 0 spiro atoms. The van der Waals surface area contributed by atoms with Crippen LogP contribution >= 0.6 is 0 Å². The number of hydrogen-bond acceptors (Lipinski definition) is 0. The maximum absolute atomic E-state index is 10.0. The van der Waals surface area contributed by atoms with Crippen LogP contribution in [0, 0.1) is 0 Å². The van der Waals surface area contributed by atoms with Gasteiger partial charge in [-0.3, -0.25) is 0 Å². The van der Waals surface area contributed by atoms with Crippen molar-refractivity contribution in [3.63, 3.8) is 0 Å². The van der Waals surface area contributed by atoms with Crippen molar-refractivity contribution >= 4 is 32.3 Å². The molecule has 0 aliphatic rings. The molecule has 0 nitrogen and oxygen atoms in total. The highest BCUT2D eigenvalue weighted by atomic mass is 14.2. The van der Waals surface area contributed by atoms with Gasteiger partial charge in [0.25, 0.3) is 0 Å². The van der Waals surface area contributed by atoms with E-state index in [1.54, 1.807) is 0 Å². The van der Waals surface area contributed by atoms with Gasteiger partial charge in [-0.05, 0) is 106 Å². The van der Waals surface area contributed by atoms with Crippen molar-refractivity contribution in [2.24, 2.45) is 0 Å². The lowest BCUT2D eigenvalue weighted by atomic mass is 9.84. The molecule has 48 heavy (non-hydrogen) atoms. The minimum absolute atomic E-state index is 0.665. The number of rotatable bonds is 5. The summed E-state index contributed by atoms with van der Waals surface area (Å²) in [6.07, 6.45) is 0. The number of fused-ring (bicyclic) bond motifs is 3. The fourth-order valence-corrected chi connectivity index (χ4v) is 5.16. The van der Waals surface area contributed by atoms with E-state index in [0.29, 0.717) is 0 Å². The molecule has 9 aromatic rings. The van der Waals surface area contributed by atoms with Crippen molar-refractivity contribution in [1.29, 1.82) is 0 Å². The molecule has 0 atom stereocenters. The second-order valence-electron chi connectivity index (χ2n) is 10.0. The first-order valence-corrected chi connectivity index (χ1v) is 14.0. The molecule has 224 valence electrons. The van der Waals surface area contributed by atoms with Gasteiger partial charge in [0.2, 0.25) is 0 Å². The normalized spacial score (nSPS) is 20.7. The third-order valence-corrected chi connectivity index (χ3v) is 7.25. The van der Waals surface area contributed by atoms with Crippen LogP contribution in [0.4, 0.5) is 0 Å². The molecule has 0 heterocycles. The van der Waals surface area contributed by atoms with Crippen molar-refractivity contribution in [3.05, 3.63) is 193 Å². The van der Waals surface area contributed by atoms with Gasteiger partial charge in [0.15, 0.2) is 0 Å². The minimum atomic E-state index is -1.21. The fourth-order valence-electron chi connectivity index (χ4n) is 5.16. The van der Waals surface area contributed by atoms with Crippen LogP contribution in [0.5, 0.6) is 0 Å². The Hall–Kier alpha value is -6.24. The average Bonchev–Trinajstić information content (AvgIpc) is 2.66. The third-order valence-electron chi connectivity index (χ3n) is 7.25. The van der Waals surface area contributed by atoms with Crippen LogP contribution in [-0.4, -0.2) is 0 Å². The van der Waals surface area contributed by atoms with E-state index in [1.165, 1.54) is 0 Å². The van der Waals surface area contributed by atoms with E-state index in [2.05, 4.69) is 0 Å². The van der Waals surface area contributed by atoms with Crippen LogP contribution in [-0.2, 0) is 0 Å². The Kier molecular flexibility index (Phi) is 2.56. The number of benzene rings is 9. The Labute approximate surface area is 326 Å². The maximum Gasteiger partial charge on any atom is 0.0636 e. The minimum Gasteiger partial charge on any atom is -0.0622 e. The molecule has 0 fully saturated rings. The molecule has 9 aromatic carbocycles. The second kappa shape index (κ2) is 11.8. The first kappa shape index (κ1) is 10.4. The highest BCUT2D eigenvalue weighted by molar-refractivity contribution is 6.22. The lowest BCUT2D eigenvalue weighted by Gasteiger charge is -2.19. The van der Waals surface area contributed by atoms with Crippen LogP contribution in [0.15, 0.2) is 193 Å². The molecular formula is C48H32. The Bertz CT molecular complexity index is 4340. The van der Waals surface area contributed by atoms with E-state index < -0.39 is 281 Å². The van der Waals surface area contributed by atoms with Crippen LogP contribution in [0.25, 0.3) is 88.0 Å². The average molecular weight is 641 g/mol. The van der Waals surface area contributed by atoms with Gasteiger partial charge in [0, 0.05) is 0 Å². The zero-order valence-electron chi connectivity index (χ0n) is 56.0. The van der Waals surface area contributed by atoms with Gasteiger partial charge >= 0.3 is 0 Å². The Balaban J connectivity index is 1.61. The zero-order chi connectivity index (χ0) is 59.7. The summed E-state index contributed by atoms with van der Waals surface area (Å²) in [5.41, 5.74) is -9.13. The van der Waals surface area contributed by atoms with E-state index in [4.69, 9.17) is 26.0 Å². The highest BCUT2D eigenvalue weighted by Crippen LogP contribution is 2.45. The quantitative estimate of drug-likeness (QED) is 0.164. The molecule has 0 bridgehead atoms. The first-order chi connectivity index (χ1) is 37.1. The van der Waals surface area contributed by atoms with Crippen LogP contribution in [0.2, 0.25) is 0 Å². The summed E-state index contributed by atoms with van der Waals surface area (Å²) in [5.74, 6) is 0. The van der Waals surface area contributed by atoms with Crippen molar-refractivity contribution < 1.29 is 43.9 Å². The molecule has 0 heteroatoms. The Morgan fingerprint density at radius 3 is 1.35 bits per heavy atom. The molecule has 0 aliphatic carbocycles. The van der Waals surface area contributed by atoms with Gasteiger partial charge in [0.1, 0.15) is 0 Å². The van der Waals surface area contributed by atoms with E-state index >= 15 is 0 Å². The van der Waals surface area contributed by atoms with Crippen molar-refractivity contribution in [3.8, 4) is 55.6 Å². The zero-order valence-corrected chi connectivity index (χ0v) is 24.0. The van der Waals surface area contributed by atoms with Gasteiger partial charge < -0.3 is 0 Å². The molecule has 0 amide bonds. The first-order valence-electron chi connectivity index (χ1n) is 30.0. The summed E-state index contributed by atoms with van der Waals surface area (Å²) in [6.45, 7) is 0. The van der Waals surface area contributed by atoms with E-state index in [-0.39, 0.29) is 0 Å². The monoisotopic (exact) mass is 640 g/mol. The Morgan fingerprint density at radius 1 is 0.229 bits per heavy atom. The summed E-state index contributed by atoms with van der Waals surface area (Å²) in [4.78, 5) is 0. The SMILES string of the molecule is [2H]c1c([2H])c([2H])c(-c2c([2H])c([2H])c(-c3c([2H])c([2H])c([2H])c(-c4c5c([2H])c([2H])c([2H])c([2H])c5c(-c5c([2H])c([2H])c6c([2H])c([2H])c([2H])c([2H])c6c5[2H])c5c([2H])c(-c6c([2H])c([2H])c([2H])c([2H])c6[2H])c([2H])c([2H])c45)c3[2H])c([2H])c2[2H])c([2H])c1[2H]. The molecular weight excluding hydrogens is 577 g/mol. The summed E-state index contributed by atoms with van der Waals surface area (Å²) in [7, 11) is 0. The molecule has 0 unspecified atom stereocenters. The van der Waals surface area contributed by atoms with Gasteiger partial charge in [0.05, 0.1) is 43.9 Å². The molecule has 0 radical (unpaired) electrons. The van der Waals surface area contributed by atoms with Gasteiger partial charge in [-0.15, -0.1) is 0 Å². The van der Waals surface area contributed by atoms with Gasteiger partial charge in [-0.25, -0.2) is 0 Å². The topological polar surface area (TPSA) is 0 Å². The standard InChI is InChI=1S/C48H32/c1-3-12-33(13-4-1)36-22-24-37(25-23-36)39-18-11-19-41(30-39)47-43-20-9-10-21-44(43)48(42-27-26-35-16-7-8-17-38(35)31-42)46-32-40(28-29-45(46)47)34-14-5-2-6-15-34/h1-32H/i1D,2D,3D,4D,5D,6D,7D,8D,9D,10D,11D,12D,13D,14D,15D,16D,17D,18D,19D,20D,21D,22D,23D,24D,25D,26D,27D,28D,29D,30D,31D,32D. The maximum atomic E-state index is 10.0. The highest BCUT2D eigenvalue weighted by Gasteiger charge is 2.18. The van der Waals surface area contributed by atoms with Crippen LogP contribution < -0.4 is 0 Å². The summed E-state index contributed by atoms with van der Waals surface area (Å²) >= 11 is 0. The smallest absolute Gasteiger partial charge is 0.0622 e. The fraction of sp³-hybridized carbons (Fsp3) is 0. The lowest BCUT2D eigenvalue weighted by molar-refractivity contribution is 1.58. The summed E-state index contributed by atoms with van der Waals surface area (Å²) < 4.78 is 288. The molecule has 9 rings (SSSR count). The molecule has 0 saturated heterocycles. The molecule has 0 N–H and O–H groups in total. The largest absolute Gasteiger partial charge is 0.0636 e. The van der Waals surface area contributed by atoms with E-state index in [1.807, 2.05) is 0 Å². The van der Waals surface area contributed by atoms with Crippen molar-refractivity contribution in [1.82, 2.24) is 0 Å². The lowest BCUT2D eigenvalue weighted by Crippen LogP contribution is -1.92. The Morgan fingerprint density at radius 2 is 0.646 bits per heavy atom. The van der Waals surface area contributed by atoms with Crippen LogP contribution in [0.3, 0.4) is 0 Å². The van der Waals surface area contributed by atoms with E-state index in [9.17, 15) is 17.8 Å². The van der Waals surface area contributed by atoms with Gasteiger partial charge in [-0.2, -0.15) is 0 Å². The summed E-state index contributed by atoms with van der Waals surface area (Å²) in [5, 5.41) is -5.01. The molecule has 0 aliphatic heterocycles. The van der Waals surface area contributed by atoms with Gasteiger partial charge in [-0.1, -0.05) is 175 Å². The molecule has 0 saturated carbocycles. The van der Waals surface area contributed by atoms with Crippen molar-refractivity contribution in [2.75, 3.05) is 0 Å². The van der Waals surface area contributed by atoms with Crippen molar-refractivity contribution in [2.45, 2.75) is 0 Å². The molecule has 0 aromatic heterocycles. The second-order valence-corrected chi connectivity index (χ2v) is 10.0. The van der Waals surface area contributed by atoms with Crippen LogP contribution in [0.1, 0.15) is 43.9 Å². The third kappa shape index (κ3) is 4.96.